The molecule has 1 aliphatic rings. The summed E-state index contributed by atoms with van der Waals surface area (Å²) < 4.78 is 0.955. The zero-order chi connectivity index (χ0) is 7.61. The number of oxime groups is 1. The highest BCUT2D eigenvalue weighted by Gasteiger charge is 2.27. The SMILES string of the molecule is CC1(C)SCS/C(=N/O)S1. The lowest BCUT2D eigenvalue weighted by Gasteiger charge is -2.27. The molecule has 0 aliphatic carbocycles. The molecule has 1 saturated heterocycles. The molecule has 0 saturated carbocycles. The standard InChI is InChI=1S/C5H9NOS3/c1-5(2)9-3-8-4(6-7)10-5/h7H,3H2,1-2H3/b6-4-. The molecule has 58 valence electrons. The fourth-order valence-corrected chi connectivity index (χ4v) is 5.19. The predicted octanol–water partition coefficient (Wildman–Crippen LogP) is 2.64. The summed E-state index contributed by atoms with van der Waals surface area (Å²) in [6, 6.07) is 0. The third-order valence-electron chi connectivity index (χ3n) is 1.00. The molecule has 1 aliphatic heterocycles. The predicted molar refractivity (Wildman–Crippen MR) is 50.9 cm³/mol. The van der Waals surface area contributed by atoms with Crippen molar-refractivity contribution in [3.8, 4) is 0 Å². The fraction of sp³-hybridized carbons (Fsp3) is 0.800. The normalized spacial score (nSPS) is 28.8. The van der Waals surface area contributed by atoms with Gasteiger partial charge in [0.05, 0.1) is 4.08 Å². The maximum atomic E-state index is 8.46. The highest BCUT2D eigenvalue weighted by Crippen LogP contribution is 2.46. The van der Waals surface area contributed by atoms with Crippen LogP contribution in [0.2, 0.25) is 0 Å². The van der Waals surface area contributed by atoms with Gasteiger partial charge in [-0.1, -0.05) is 28.7 Å². The minimum absolute atomic E-state index is 0.173. The third-order valence-corrected chi connectivity index (χ3v) is 4.93. The summed E-state index contributed by atoms with van der Waals surface area (Å²) in [5, 5.41) is 12.6. The molecule has 0 aromatic rings. The van der Waals surface area contributed by atoms with Crippen LogP contribution in [0.25, 0.3) is 0 Å². The molecule has 0 aromatic heterocycles. The molecule has 10 heavy (non-hydrogen) atoms. The fourth-order valence-electron chi connectivity index (χ4n) is 0.540. The molecule has 1 heterocycles. The van der Waals surface area contributed by atoms with Crippen LogP contribution in [0.3, 0.4) is 0 Å². The molecular formula is C5H9NOS3. The van der Waals surface area contributed by atoms with Gasteiger partial charge in [0.1, 0.15) is 0 Å². The zero-order valence-corrected chi connectivity index (χ0v) is 8.28. The molecule has 0 aromatic carbocycles. The van der Waals surface area contributed by atoms with Crippen molar-refractivity contribution >= 4 is 39.7 Å². The van der Waals surface area contributed by atoms with Gasteiger partial charge in [0.25, 0.3) is 0 Å². The summed E-state index contributed by atoms with van der Waals surface area (Å²) in [4.78, 5) is 0. The Morgan fingerprint density at radius 2 is 2.30 bits per heavy atom. The van der Waals surface area contributed by atoms with Gasteiger partial charge in [0.15, 0.2) is 4.38 Å². The van der Waals surface area contributed by atoms with Crippen molar-refractivity contribution in [3.63, 3.8) is 0 Å². The Balaban J connectivity index is 2.56. The van der Waals surface area contributed by atoms with Crippen molar-refractivity contribution in [1.82, 2.24) is 0 Å². The van der Waals surface area contributed by atoms with Gasteiger partial charge >= 0.3 is 0 Å². The van der Waals surface area contributed by atoms with Gasteiger partial charge in [-0.25, -0.2) is 0 Å². The highest BCUT2D eigenvalue weighted by atomic mass is 32.3. The van der Waals surface area contributed by atoms with Crippen molar-refractivity contribution in [2.45, 2.75) is 17.9 Å². The van der Waals surface area contributed by atoms with Gasteiger partial charge in [-0.3, -0.25) is 0 Å². The molecule has 0 radical (unpaired) electrons. The summed E-state index contributed by atoms with van der Waals surface area (Å²) >= 11 is 5.08. The van der Waals surface area contributed by atoms with E-state index in [-0.39, 0.29) is 4.08 Å². The first-order valence-electron chi connectivity index (χ1n) is 2.82. The maximum Gasteiger partial charge on any atom is 0.171 e. The van der Waals surface area contributed by atoms with Crippen LogP contribution in [0.5, 0.6) is 0 Å². The second-order valence-electron chi connectivity index (χ2n) is 2.27. The smallest absolute Gasteiger partial charge is 0.171 e. The summed E-state index contributed by atoms with van der Waals surface area (Å²) in [7, 11) is 0. The minimum atomic E-state index is 0.173. The van der Waals surface area contributed by atoms with Crippen molar-refractivity contribution in [2.75, 3.05) is 5.08 Å². The van der Waals surface area contributed by atoms with E-state index in [1.807, 2.05) is 11.8 Å². The van der Waals surface area contributed by atoms with E-state index in [4.69, 9.17) is 5.21 Å². The van der Waals surface area contributed by atoms with Crippen LogP contribution >= 0.6 is 35.3 Å². The molecule has 0 amide bonds. The molecule has 1 N–H and O–H groups in total. The summed E-state index contributed by atoms with van der Waals surface area (Å²) in [5.74, 6) is 0. The van der Waals surface area contributed by atoms with Crippen LogP contribution in [0.4, 0.5) is 0 Å². The average molecular weight is 195 g/mol. The van der Waals surface area contributed by atoms with Crippen LogP contribution < -0.4 is 0 Å². The van der Waals surface area contributed by atoms with Crippen molar-refractivity contribution in [3.05, 3.63) is 0 Å². The van der Waals surface area contributed by atoms with E-state index in [1.54, 1.807) is 23.5 Å². The Hall–Kier alpha value is 0.520. The Kier molecular flexibility index (Phi) is 2.82. The summed E-state index contributed by atoms with van der Waals surface area (Å²) in [6.45, 7) is 4.26. The Morgan fingerprint density at radius 3 is 2.70 bits per heavy atom. The number of hydrogen-bond acceptors (Lipinski definition) is 5. The van der Waals surface area contributed by atoms with E-state index < -0.39 is 0 Å². The summed E-state index contributed by atoms with van der Waals surface area (Å²) in [6.07, 6.45) is 0. The quantitative estimate of drug-likeness (QED) is 0.476. The molecule has 1 rings (SSSR count). The van der Waals surface area contributed by atoms with Crippen molar-refractivity contribution in [1.29, 1.82) is 0 Å². The van der Waals surface area contributed by atoms with Gasteiger partial charge in [-0.15, -0.1) is 11.8 Å². The van der Waals surface area contributed by atoms with Crippen LogP contribution in [-0.4, -0.2) is 18.7 Å². The number of nitrogens with zero attached hydrogens (tertiary/aromatic N) is 1. The van der Waals surface area contributed by atoms with Gasteiger partial charge in [0.2, 0.25) is 0 Å². The first-order valence-corrected chi connectivity index (χ1v) is 5.61. The van der Waals surface area contributed by atoms with Gasteiger partial charge < -0.3 is 5.21 Å². The van der Waals surface area contributed by atoms with E-state index in [0.29, 0.717) is 0 Å². The van der Waals surface area contributed by atoms with E-state index >= 15 is 0 Å². The Morgan fingerprint density at radius 1 is 1.60 bits per heavy atom. The first-order chi connectivity index (χ1) is 4.64. The second kappa shape index (κ2) is 3.28. The molecule has 0 spiro atoms. The number of hydrogen-bond donors (Lipinski definition) is 1. The average Bonchev–Trinajstić information content (AvgIpc) is 1.86. The number of rotatable bonds is 0. The Bertz CT molecular complexity index is 157. The summed E-state index contributed by atoms with van der Waals surface area (Å²) in [5.41, 5.74) is 0. The molecule has 5 heteroatoms. The van der Waals surface area contributed by atoms with Gasteiger partial charge in [-0.05, 0) is 13.8 Å². The Labute approximate surface area is 73.2 Å². The largest absolute Gasteiger partial charge is 0.410 e. The van der Waals surface area contributed by atoms with E-state index in [0.717, 1.165) is 9.46 Å². The maximum absolute atomic E-state index is 8.46. The van der Waals surface area contributed by atoms with Crippen LogP contribution in [0.15, 0.2) is 5.16 Å². The molecule has 1 fully saturated rings. The lowest BCUT2D eigenvalue weighted by Crippen LogP contribution is -2.16. The lowest BCUT2D eigenvalue weighted by atomic mass is 10.5. The molecule has 0 bridgehead atoms. The second-order valence-corrected chi connectivity index (χ2v) is 7.33. The van der Waals surface area contributed by atoms with E-state index in [1.165, 1.54) is 0 Å². The van der Waals surface area contributed by atoms with E-state index in [9.17, 15) is 0 Å². The van der Waals surface area contributed by atoms with Crippen LogP contribution in [0.1, 0.15) is 13.8 Å². The molecular weight excluding hydrogens is 186 g/mol. The van der Waals surface area contributed by atoms with E-state index in [2.05, 4.69) is 19.0 Å². The molecule has 2 nitrogen and oxygen atoms in total. The highest BCUT2D eigenvalue weighted by molar-refractivity contribution is 8.48. The molecule has 0 atom stereocenters. The minimum Gasteiger partial charge on any atom is -0.410 e. The van der Waals surface area contributed by atoms with Crippen LogP contribution in [-0.2, 0) is 0 Å². The first kappa shape index (κ1) is 8.62. The lowest BCUT2D eigenvalue weighted by molar-refractivity contribution is 0.322. The topological polar surface area (TPSA) is 32.6 Å². The van der Waals surface area contributed by atoms with Gasteiger partial charge in [0, 0.05) is 5.08 Å². The monoisotopic (exact) mass is 195 g/mol. The van der Waals surface area contributed by atoms with Gasteiger partial charge in [-0.2, -0.15) is 0 Å². The van der Waals surface area contributed by atoms with Crippen molar-refractivity contribution < 1.29 is 5.21 Å². The number of thioether (sulfide) groups is 3. The van der Waals surface area contributed by atoms with Crippen molar-refractivity contribution in [2.24, 2.45) is 5.16 Å². The molecule has 0 unspecified atom stereocenters. The van der Waals surface area contributed by atoms with Crippen LogP contribution in [0, 0.1) is 0 Å². The zero-order valence-electron chi connectivity index (χ0n) is 5.83. The third kappa shape index (κ3) is 2.29.